The molecule has 0 saturated heterocycles. The maximum Gasteiger partial charge on any atom is 0.305 e. The maximum atomic E-state index is 12.3. The lowest BCUT2D eigenvalue weighted by Crippen LogP contribution is -2.36. The highest BCUT2D eigenvalue weighted by Gasteiger charge is 2.50. The number of carbonyl (C=O) groups excluding carboxylic acids is 1. The van der Waals surface area contributed by atoms with E-state index in [9.17, 15) is 14.7 Å². The normalized spacial score (nSPS) is 28.9. The van der Waals surface area contributed by atoms with Gasteiger partial charge in [-0.2, -0.15) is 0 Å². The molecule has 4 atom stereocenters. The SMILES string of the molecule is CCC(O)(/C=C/C=C/[C@@H](C)[C@H]1CC[C@H]2/C(=C/C(=O)NCCC(=O)O)CCC[C@]12C)CC. The Hall–Kier alpha value is -1.88. The second-order valence-corrected chi connectivity index (χ2v) is 9.66. The van der Waals surface area contributed by atoms with E-state index in [4.69, 9.17) is 5.11 Å². The molecule has 3 N–H and O–H groups in total. The summed E-state index contributed by atoms with van der Waals surface area (Å²) >= 11 is 0. The summed E-state index contributed by atoms with van der Waals surface area (Å²) in [5, 5.41) is 21.8. The van der Waals surface area contributed by atoms with Crippen molar-refractivity contribution in [3.8, 4) is 0 Å². The Labute approximate surface area is 187 Å². The lowest BCUT2D eigenvalue weighted by Gasteiger charge is -2.44. The number of aliphatic carboxylic acids is 1. The van der Waals surface area contributed by atoms with Crippen LogP contribution in [0.1, 0.15) is 79.1 Å². The van der Waals surface area contributed by atoms with Gasteiger partial charge in [0.05, 0.1) is 12.0 Å². The average Bonchev–Trinajstić information content (AvgIpc) is 3.08. The standard InChI is InChI=1S/C26H41NO4/c1-5-26(31,6-2)16-8-7-10-19(3)21-12-13-22-20(11-9-15-25(21,22)4)18-23(28)27-17-14-24(29)30/h7-8,10,16,18-19,21-22,31H,5-6,9,11-15,17H2,1-4H3,(H,27,28)(H,29,30)/b10-7+,16-8+,20-18+/t19-,21-,22+,25-/m1/s1. The number of carboxylic acid groups (broad SMARTS) is 1. The van der Waals surface area contributed by atoms with E-state index in [-0.39, 0.29) is 24.3 Å². The summed E-state index contributed by atoms with van der Waals surface area (Å²) in [7, 11) is 0. The van der Waals surface area contributed by atoms with Gasteiger partial charge in [0.15, 0.2) is 0 Å². The van der Waals surface area contributed by atoms with Gasteiger partial charge in [0.25, 0.3) is 0 Å². The minimum Gasteiger partial charge on any atom is -0.481 e. The van der Waals surface area contributed by atoms with Crippen LogP contribution in [0.4, 0.5) is 0 Å². The molecule has 5 nitrogen and oxygen atoms in total. The fourth-order valence-corrected chi connectivity index (χ4v) is 5.72. The molecule has 1 amide bonds. The topological polar surface area (TPSA) is 86.6 Å². The fraction of sp³-hybridized carbons (Fsp3) is 0.692. The highest BCUT2D eigenvalue weighted by molar-refractivity contribution is 5.88. The van der Waals surface area contributed by atoms with Gasteiger partial charge >= 0.3 is 5.97 Å². The van der Waals surface area contributed by atoms with Gasteiger partial charge in [0, 0.05) is 12.6 Å². The van der Waals surface area contributed by atoms with E-state index in [1.165, 1.54) is 12.0 Å². The molecule has 0 aromatic carbocycles. The van der Waals surface area contributed by atoms with Crippen LogP contribution in [0, 0.1) is 23.2 Å². The van der Waals surface area contributed by atoms with E-state index in [1.54, 1.807) is 6.08 Å². The largest absolute Gasteiger partial charge is 0.481 e. The Morgan fingerprint density at radius 1 is 1.26 bits per heavy atom. The van der Waals surface area contributed by atoms with Gasteiger partial charge in [-0.15, -0.1) is 0 Å². The number of fused-ring (bicyclic) bond motifs is 1. The monoisotopic (exact) mass is 431 g/mol. The summed E-state index contributed by atoms with van der Waals surface area (Å²) in [6, 6.07) is 0. The van der Waals surface area contributed by atoms with Crippen molar-refractivity contribution in [2.45, 2.75) is 84.7 Å². The van der Waals surface area contributed by atoms with E-state index in [1.807, 2.05) is 26.0 Å². The summed E-state index contributed by atoms with van der Waals surface area (Å²) in [5.41, 5.74) is 0.703. The molecule has 0 radical (unpaired) electrons. The van der Waals surface area contributed by atoms with E-state index in [2.05, 4.69) is 31.3 Å². The third kappa shape index (κ3) is 6.55. The number of nitrogens with one attached hydrogen (secondary N) is 1. The van der Waals surface area contributed by atoms with E-state index in [0.717, 1.165) is 25.7 Å². The number of hydrogen-bond acceptors (Lipinski definition) is 3. The summed E-state index contributed by atoms with van der Waals surface area (Å²) < 4.78 is 0. The van der Waals surface area contributed by atoms with Gasteiger partial charge in [0.1, 0.15) is 0 Å². The van der Waals surface area contributed by atoms with Gasteiger partial charge in [0.2, 0.25) is 5.91 Å². The number of allylic oxidation sites excluding steroid dienone is 4. The smallest absolute Gasteiger partial charge is 0.305 e. The quantitative estimate of drug-likeness (QED) is 0.335. The van der Waals surface area contributed by atoms with Crippen molar-refractivity contribution in [1.82, 2.24) is 5.32 Å². The summed E-state index contributed by atoms with van der Waals surface area (Å²) in [4.78, 5) is 22.9. The molecule has 2 saturated carbocycles. The van der Waals surface area contributed by atoms with Gasteiger partial charge in [-0.1, -0.05) is 57.6 Å². The summed E-state index contributed by atoms with van der Waals surface area (Å²) in [6.07, 6.45) is 16.8. The van der Waals surface area contributed by atoms with Crippen LogP contribution < -0.4 is 5.32 Å². The molecule has 0 unspecified atom stereocenters. The number of amides is 1. The molecule has 0 heterocycles. The molecule has 0 spiro atoms. The molecule has 2 fully saturated rings. The summed E-state index contributed by atoms with van der Waals surface area (Å²) in [5.74, 6) is 0.356. The molecule has 2 rings (SSSR count). The molecule has 0 aliphatic heterocycles. The van der Waals surface area contributed by atoms with E-state index >= 15 is 0 Å². The van der Waals surface area contributed by atoms with Crippen molar-refractivity contribution < 1.29 is 19.8 Å². The van der Waals surface area contributed by atoms with E-state index in [0.29, 0.717) is 30.6 Å². The lowest BCUT2D eigenvalue weighted by atomic mass is 9.61. The maximum absolute atomic E-state index is 12.3. The molecule has 2 aliphatic carbocycles. The molecule has 2 aliphatic rings. The van der Waals surface area contributed by atoms with Gasteiger partial charge in [-0.3, -0.25) is 9.59 Å². The van der Waals surface area contributed by atoms with Gasteiger partial charge in [-0.05, 0) is 68.1 Å². The zero-order chi connectivity index (χ0) is 23.1. The first-order chi connectivity index (χ1) is 14.6. The van der Waals surface area contributed by atoms with Crippen LogP contribution in [-0.2, 0) is 9.59 Å². The van der Waals surface area contributed by atoms with Crippen LogP contribution >= 0.6 is 0 Å². The first kappa shape index (κ1) is 25.4. The van der Waals surface area contributed by atoms with Crippen LogP contribution in [0.3, 0.4) is 0 Å². The third-order valence-corrected chi connectivity index (χ3v) is 7.78. The van der Waals surface area contributed by atoms with Crippen LogP contribution in [0.15, 0.2) is 36.0 Å². The molecule has 0 aromatic heterocycles. The second kappa shape index (κ2) is 11.1. The van der Waals surface area contributed by atoms with Crippen LogP contribution in [0.25, 0.3) is 0 Å². The third-order valence-electron chi connectivity index (χ3n) is 7.78. The number of aliphatic hydroxyl groups is 1. The zero-order valence-corrected chi connectivity index (χ0v) is 19.7. The molecule has 31 heavy (non-hydrogen) atoms. The molecule has 5 heteroatoms. The van der Waals surface area contributed by atoms with Gasteiger partial charge in [-0.25, -0.2) is 0 Å². The number of hydrogen-bond donors (Lipinski definition) is 3. The minimum atomic E-state index is -0.900. The Kier molecular flexibility index (Phi) is 9.11. The predicted octanol–water partition coefficient (Wildman–Crippen LogP) is 5.02. The van der Waals surface area contributed by atoms with Crippen molar-refractivity contribution in [2.24, 2.45) is 23.2 Å². The number of carbonyl (C=O) groups is 2. The Bertz CT molecular complexity index is 719. The minimum absolute atomic E-state index is 0.0512. The Morgan fingerprint density at radius 3 is 2.61 bits per heavy atom. The van der Waals surface area contributed by atoms with Crippen molar-refractivity contribution in [3.05, 3.63) is 36.0 Å². The van der Waals surface area contributed by atoms with Crippen molar-refractivity contribution in [1.29, 1.82) is 0 Å². The molecule has 174 valence electrons. The Morgan fingerprint density at radius 2 is 1.97 bits per heavy atom. The van der Waals surface area contributed by atoms with Gasteiger partial charge < -0.3 is 15.5 Å². The lowest BCUT2D eigenvalue weighted by molar-refractivity contribution is -0.136. The molecular weight excluding hydrogens is 390 g/mol. The predicted molar refractivity (Wildman–Crippen MR) is 124 cm³/mol. The van der Waals surface area contributed by atoms with Crippen molar-refractivity contribution >= 4 is 11.9 Å². The van der Waals surface area contributed by atoms with Crippen LogP contribution in [-0.4, -0.2) is 34.2 Å². The molecule has 0 bridgehead atoms. The number of carboxylic acids is 1. The molecular formula is C26H41NO4. The van der Waals surface area contributed by atoms with Crippen LogP contribution in [0.5, 0.6) is 0 Å². The second-order valence-electron chi connectivity index (χ2n) is 9.66. The first-order valence-electron chi connectivity index (χ1n) is 11.9. The van der Waals surface area contributed by atoms with E-state index < -0.39 is 11.6 Å². The first-order valence-corrected chi connectivity index (χ1v) is 11.9. The molecule has 0 aromatic rings. The number of rotatable bonds is 10. The van der Waals surface area contributed by atoms with Crippen LogP contribution in [0.2, 0.25) is 0 Å². The highest BCUT2D eigenvalue weighted by Crippen LogP contribution is 2.59. The van der Waals surface area contributed by atoms with Crippen molar-refractivity contribution in [3.63, 3.8) is 0 Å². The highest BCUT2D eigenvalue weighted by atomic mass is 16.4. The van der Waals surface area contributed by atoms with Crippen molar-refractivity contribution in [2.75, 3.05) is 6.54 Å². The zero-order valence-electron chi connectivity index (χ0n) is 19.7. The average molecular weight is 432 g/mol. The summed E-state index contributed by atoms with van der Waals surface area (Å²) in [6.45, 7) is 8.84. The Balaban J connectivity index is 2.04. The fourth-order valence-electron chi connectivity index (χ4n) is 5.72.